The molecule has 0 saturated carbocycles. The number of fused-ring (bicyclic) bond motifs is 1. The Morgan fingerprint density at radius 2 is 2.07 bits per heavy atom. The molecule has 2 rings (SSSR count). The number of nitrogens with zero attached hydrogens (tertiary/aromatic N) is 2. The van der Waals surface area contributed by atoms with E-state index in [0.717, 1.165) is 0 Å². The van der Waals surface area contributed by atoms with Crippen molar-refractivity contribution in [3.05, 3.63) is 23.2 Å². The van der Waals surface area contributed by atoms with Crippen LogP contribution in [0.5, 0.6) is 0 Å². The van der Waals surface area contributed by atoms with Gasteiger partial charge in [0.05, 0.1) is 11.7 Å². The number of imidazole rings is 1. The van der Waals surface area contributed by atoms with Gasteiger partial charge in [-0.15, -0.1) is 0 Å². The van der Waals surface area contributed by atoms with Crippen LogP contribution in [0.4, 0.5) is 13.2 Å². The monoisotopic (exact) mass is 221 g/mol. The highest BCUT2D eigenvalue weighted by atomic mass is 35.5. The molecule has 0 amide bonds. The van der Waals surface area contributed by atoms with E-state index in [9.17, 15) is 13.2 Å². The lowest BCUT2D eigenvalue weighted by Gasteiger charge is -1.98. The molecule has 0 fully saturated rings. The fourth-order valence-corrected chi connectivity index (χ4v) is 1.18. The molecule has 74 valence electrons. The Morgan fingerprint density at radius 1 is 1.36 bits per heavy atom. The van der Waals surface area contributed by atoms with E-state index in [1.54, 1.807) is 0 Å². The second-order valence-corrected chi connectivity index (χ2v) is 2.99. The Labute approximate surface area is 80.9 Å². The Kier molecular flexibility index (Phi) is 1.88. The van der Waals surface area contributed by atoms with Crippen LogP contribution in [0, 0.1) is 0 Å². The number of hydrogen-bond donors (Lipinski definition) is 1. The minimum atomic E-state index is -4.48. The van der Waals surface area contributed by atoms with Crippen molar-refractivity contribution in [3.8, 4) is 0 Å². The zero-order valence-corrected chi connectivity index (χ0v) is 7.32. The van der Waals surface area contributed by atoms with Crippen LogP contribution in [-0.4, -0.2) is 15.0 Å². The Hall–Kier alpha value is -1.30. The van der Waals surface area contributed by atoms with Crippen LogP contribution in [0.3, 0.4) is 0 Å². The largest absolute Gasteiger partial charge is 0.449 e. The van der Waals surface area contributed by atoms with Crippen LogP contribution in [-0.2, 0) is 6.18 Å². The van der Waals surface area contributed by atoms with Crippen LogP contribution >= 0.6 is 11.6 Å². The van der Waals surface area contributed by atoms with Gasteiger partial charge >= 0.3 is 6.18 Å². The third-order valence-corrected chi connectivity index (χ3v) is 1.81. The van der Waals surface area contributed by atoms with Crippen LogP contribution in [0.25, 0.3) is 11.0 Å². The lowest BCUT2D eigenvalue weighted by Crippen LogP contribution is -2.06. The van der Waals surface area contributed by atoms with Crippen molar-refractivity contribution in [2.24, 2.45) is 0 Å². The molecule has 0 spiro atoms. The van der Waals surface area contributed by atoms with Gasteiger partial charge in [-0.1, -0.05) is 11.6 Å². The molecule has 0 saturated heterocycles. The van der Waals surface area contributed by atoms with Crippen LogP contribution in [0.15, 0.2) is 12.3 Å². The van der Waals surface area contributed by atoms with Crippen molar-refractivity contribution >= 4 is 22.6 Å². The van der Waals surface area contributed by atoms with Gasteiger partial charge in [0.2, 0.25) is 5.82 Å². The summed E-state index contributed by atoms with van der Waals surface area (Å²) >= 11 is 5.50. The van der Waals surface area contributed by atoms with Gasteiger partial charge < -0.3 is 4.98 Å². The number of aromatic amines is 1. The predicted molar refractivity (Wildman–Crippen MR) is 43.9 cm³/mol. The summed E-state index contributed by atoms with van der Waals surface area (Å²) in [5, 5.41) is 0.120. The molecule has 0 aromatic carbocycles. The Morgan fingerprint density at radius 3 is 2.71 bits per heavy atom. The summed E-state index contributed by atoms with van der Waals surface area (Å²) in [7, 11) is 0. The van der Waals surface area contributed by atoms with Gasteiger partial charge in [-0.3, -0.25) is 0 Å². The smallest absolute Gasteiger partial charge is 0.334 e. The summed E-state index contributed by atoms with van der Waals surface area (Å²) in [4.78, 5) is 9.06. The third-order valence-electron chi connectivity index (χ3n) is 1.60. The highest BCUT2D eigenvalue weighted by Gasteiger charge is 2.34. The van der Waals surface area contributed by atoms with E-state index in [-0.39, 0.29) is 16.2 Å². The second-order valence-electron chi connectivity index (χ2n) is 2.61. The summed E-state index contributed by atoms with van der Waals surface area (Å²) in [6.07, 6.45) is -3.30. The molecule has 0 radical (unpaired) electrons. The third kappa shape index (κ3) is 1.52. The van der Waals surface area contributed by atoms with Gasteiger partial charge in [-0.25, -0.2) is 9.97 Å². The average Bonchev–Trinajstić information content (AvgIpc) is 2.45. The van der Waals surface area contributed by atoms with E-state index in [2.05, 4.69) is 15.0 Å². The molecule has 2 aromatic heterocycles. The lowest BCUT2D eigenvalue weighted by atomic mass is 10.4. The highest BCUT2D eigenvalue weighted by molar-refractivity contribution is 6.29. The number of alkyl halides is 3. The molecule has 1 N–H and O–H groups in total. The van der Waals surface area contributed by atoms with Crippen LogP contribution in [0.1, 0.15) is 5.82 Å². The first-order valence-electron chi connectivity index (χ1n) is 3.55. The quantitative estimate of drug-likeness (QED) is 0.695. The van der Waals surface area contributed by atoms with E-state index < -0.39 is 12.0 Å². The van der Waals surface area contributed by atoms with E-state index in [1.165, 1.54) is 12.3 Å². The first-order valence-corrected chi connectivity index (χ1v) is 3.93. The Balaban J connectivity index is 2.63. The summed E-state index contributed by atoms with van der Waals surface area (Å²) in [6.45, 7) is 0. The maximum atomic E-state index is 12.2. The molecule has 0 bridgehead atoms. The summed E-state index contributed by atoms with van der Waals surface area (Å²) in [5.41, 5.74) is 0.360. The SMILES string of the molecule is FC(F)(F)c1nc2cnc(Cl)cc2[nH]1. The number of nitrogens with one attached hydrogen (secondary N) is 1. The van der Waals surface area contributed by atoms with Gasteiger partial charge in [0.25, 0.3) is 0 Å². The van der Waals surface area contributed by atoms with E-state index in [1.807, 2.05) is 0 Å². The van der Waals surface area contributed by atoms with Crippen LogP contribution < -0.4 is 0 Å². The van der Waals surface area contributed by atoms with Gasteiger partial charge in [-0.05, 0) is 0 Å². The molecule has 0 aliphatic rings. The first-order chi connectivity index (χ1) is 6.47. The number of rotatable bonds is 0. The zero-order valence-electron chi connectivity index (χ0n) is 6.56. The molecule has 2 aromatic rings. The second kappa shape index (κ2) is 2.84. The zero-order chi connectivity index (χ0) is 10.3. The van der Waals surface area contributed by atoms with Crippen molar-refractivity contribution in [2.45, 2.75) is 6.18 Å². The van der Waals surface area contributed by atoms with Gasteiger partial charge in [0.15, 0.2) is 0 Å². The average molecular weight is 222 g/mol. The lowest BCUT2D eigenvalue weighted by molar-refractivity contribution is -0.144. The highest BCUT2D eigenvalue weighted by Crippen LogP contribution is 2.28. The molecule has 0 unspecified atom stereocenters. The van der Waals surface area contributed by atoms with Crippen molar-refractivity contribution < 1.29 is 13.2 Å². The van der Waals surface area contributed by atoms with E-state index >= 15 is 0 Å². The molecule has 2 heterocycles. The minimum Gasteiger partial charge on any atom is -0.334 e. The van der Waals surface area contributed by atoms with Crippen molar-refractivity contribution in [2.75, 3.05) is 0 Å². The molecule has 0 atom stereocenters. The van der Waals surface area contributed by atoms with Crippen molar-refractivity contribution in [1.82, 2.24) is 15.0 Å². The predicted octanol–water partition coefficient (Wildman–Crippen LogP) is 2.63. The molecule has 14 heavy (non-hydrogen) atoms. The first kappa shape index (κ1) is 9.26. The molecule has 0 aliphatic carbocycles. The standard InChI is InChI=1S/C7H3ClF3N3/c8-5-1-3-4(2-12-5)14-6(13-3)7(9,10)11/h1-2H,(H,13,14). The molecule has 7 heteroatoms. The normalized spacial score (nSPS) is 12.3. The van der Waals surface area contributed by atoms with Crippen LogP contribution in [0.2, 0.25) is 5.15 Å². The Bertz CT molecular complexity index is 476. The number of hydrogen-bond acceptors (Lipinski definition) is 2. The summed E-state index contributed by atoms with van der Waals surface area (Å²) in [6, 6.07) is 1.29. The van der Waals surface area contributed by atoms with Gasteiger partial charge in [0, 0.05) is 6.07 Å². The molecule has 3 nitrogen and oxygen atoms in total. The number of aromatic nitrogens is 3. The topological polar surface area (TPSA) is 41.6 Å². The van der Waals surface area contributed by atoms with E-state index in [0.29, 0.717) is 0 Å². The van der Waals surface area contributed by atoms with Crippen molar-refractivity contribution in [1.29, 1.82) is 0 Å². The summed E-state index contributed by atoms with van der Waals surface area (Å²) in [5.74, 6) is -1.04. The van der Waals surface area contributed by atoms with Gasteiger partial charge in [-0.2, -0.15) is 13.2 Å². The number of pyridine rings is 1. The minimum absolute atomic E-state index is 0.120. The maximum Gasteiger partial charge on any atom is 0.449 e. The molecule has 0 aliphatic heterocycles. The fraction of sp³-hybridized carbons (Fsp3) is 0.143. The number of halogens is 4. The maximum absolute atomic E-state index is 12.2. The van der Waals surface area contributed by atoms with E-state index in [4.69, 9.17) is 11.6 Å². The molecular weight excluding hydrogens is 219 g/mol. The fourth-order valence-electron chi connectivity index (χ4n) is 1.02. The molecular formula is C7H3ClF3N3. The van der Waals surface area contributed by atoms with Crippen molar-refractivity contribution in [3.63, 3.8) is 0 Å². The summed E-state index contributed by atoms with van der Waals surface area (Å²) < 4.78 is 36.5. The number of H-pyrrole nitrogens is 1. The van der Waals surface area contributed by atoms with Gasteiger partial charge in [0.1, 0.15) is 10.7 Å².